The van der Waals surface area contributed by atoms with E-state index in [4.69, 9.17) is 9.15 Å². The summed E-state index contributed by atoms with van der Waals surface area (Å²) >= 11 is 0. The Labute approximate surface area is 143 Å². The molecule has 0 N–H and O–H groups in total. The Morgan fingerprint density at radius 3 is 2.92 bits per heavy atom. The minimum Gasteiger partial charge on any atom is -0.465 e. The number of rotatable bonds is 3. The van der Waals surface area contributed by atoms with Crippen molar-refractivity contribution in [3.63, 3.8) is 0 Å². The minimum absolute atomic E-state index is 0.190. The van der Waals surface area contributed by atoms with Gasteiger partial charge in [0.25, 0.3) is 0 Å². The maximum atomic E-state index is 5.97. The predicted octanol–water partition coefficient (Wildman–Crippen LogP) is 2.71. The lowest BCUT2D eigenvalue weighted by molar-refractivity contribution is 0.0797. The zero-order chi connectivity index (χ0) is 16.4. The lowest BCUT2D eigenvalue weighted by Crippen LogP contribution is -2.40. The van der Waals surface area contributed by atoms with E-state index in [0.29, 0.717) is 0 Å². The molecule has 2 saturated heterocycles. The highest BCUT2D eigenvalue weighted by Crippen LogP contribution is 2.35. The molecule has 24 heavy (non-hydrogen) atoms. The van der Waals surface area contributed by atoms with E-state index in [-0.39, 0.29) is 5.41 Å². The first-order valence-corrected chi connectivity index (χ1v) is 8.74. The van der Waals surface area contributed by atoms with E-state index in [2.05, 4.69) is 33.0 Å². The van der Waals surface area contributed by atoms with Crippen LogP contribution in [0.2, 0.25) is 0 Å². The third-order valence-electron chi connectivity index (χ3n) is 5.11. The van der Waals surface area contributed by atoms with Gasteiger partial charge in [-0.2, -0.15) is 0 Å². The fourth-order valence-corrected chi connectivity index (χ4v) is 3.93. The summed E-state index contributed by atoms with van der Waals surface area (Å²) in [6.45, 7) is 8.57. The summed E-state index contributed by atoms with van der Waals surface area (Å²) in [5.41, 5.74) is 0.190. The molecule has 0 bridgehead atoms. The van der Waals surface area contributed by atoms with E-state index in [9.17, 15) is 0 Å². The van der Waals surface area contributed by atoms with Crippen LogP contribution in [-0.2, 0) is 11.3 Å². The van der Waals surface area contributed by atoms with E-state index >= 15 is 0 Å². The first-order chi connectivity index (χ1) is 11.7. The summed E-state index contributed by atoms with van der Waals surface area (Å²) < 4.78 is 11.7. The van der Waals surface area contributed by atoms with Crippen LogP contribution in [0, 0.1) is 12.3 Å². The molecule has 0 amide bonds. The molecule has 5 heteroatoms. The molecule has 2 aromatic heterocycles. The Morgan fingerprint density at radius 2 is 2.12 bits per heavy atom. The van der Waals surface area contributed by atoms with Gasteiger partial charge in [0.1, 0.15) is 17.3 Å². The number of furan rings is 1. The molecule has 0 radical (unpaired) electrons. The zero-order valence-corrected chi connectivity index (χ0v) is 14.3. The van der Waals surface area contributed by atoms with Gasteiger partial charge in [-0.05, 0) is 37.6 Å². The molecule has 0 aliphatic carbocycles. The second kappa shape index (κ2) is 6.57. The first-order valence-electron chi connectivity index (χ1n) is 8.74. The second-order valence-corrected chi connectivity index (χ2v) is 7.14. The topological polar surface area (TPSA) is 41.7 Å². The second-order valence-electron chi connectivity index (χ2n) is 7.14. The highest BCUT2D eigenvalue weighted by atomic mass is 16.5. The van der Waals surface area contributed by atoms with Gasteiger partial charge >= 0.3 is 0 Å². The average molecular weight is 327 g/mol. The summed E-state index contributed by atoms with van der Waals surface area (Å²) in [5.74, 6) is 3.10. The molecule has 2 aromatic rings. The molecule has 0 aromatic carbocycles. The number of anilines is 1. The number of hydrogen-bond acceptors (Lipinski definition) is 5. The maximum Gasteiger partial charge on any atom is 0.128 e. The standard InChI is InChI=1S/C19H25N3O2/c1-16-5-6-17(24-16)12-21-10-11-23-15-19(13-21)7-9-22(14-19)18-4-2-3-8-20-18/h2-6,8H,7,9-15H2,1H3/t19-/m1/s1. The van der Waals surface area contributed by atoms with Crippen molar-refractivity contribution in [3.8, 4) is 0 Å². The fourth-order valence-electron chi connectivity index (χ4n) is 3.93. The highest BCUT2D eigenvalue weighted by Gasteiger charge is 2.41. The molecule has 5 nitrogen and oxygen atoms in total. The van der Waals surface area contributed by atoms with Crippen LogP contribution in [0.4, 0.5) is 5.82 Å². The zero-order valence-electron chi connectivity index (χ0n) is 14.3. The van der Waals surface area contributed by atoms with Gasteiger partial charge in [-0.1, -0.05) is 6.07 Å². The first kappa shape index (κ1) is 15.7. The average Bonchev–Trinajstić information content (AvgIpc) is 3.13. The molecule has 4 rings (SSSR count). The highest BCUT2D eigenvalue weighted by molar-refractivity contribution is 5.40. The van der Waals surface area contributed by atoms with Crippen LogP contribution in [0.1, 0.15) is 17.9 Å². The normalized spacial score (nSPS) is 25.3. The van der Waals surface area contributed by atoms with Gasteiger partial charge in [0.05, 0.1) is 19.8 Å². The third-order valence-corrected chi connectivity index (χ3v) is 5.11. The number of aryl methyl sites for hydroxylation is 1. The summed E-state index contributed by atoms with van der Waals surface area (Å²) in [4.78, 5) is 9.38. The van der Waals surface area contributed by atoms with E-state index < -0.39 is 0 Å². The van der Waals surface area contributed by atoms with Crippen LogP contribution in [0.3, 0.4) is 0 Å². The number of aromatic nitrogens is 1. The monoisotopic (exact) mass is 327 g/mol. The Balaban J connectivity index is 1.46. The van der Waals surface area contributed by atoms with Crippen molar-refractivity contribution in [1.82, 2.24) is 9.88 Å². The van der Waals surface area contributed by atoms with Crippen molar-refractivity contribution in [2.75, 3.05) is 44.3 Å². The minimum atomic E-state index is 0.190. The van der Waals surface area contributed by atoms with Crippen molar-refractivity contribution >= 4 is 5.82 Å². The molecule has 0 unspecified atom stereocenters. The van der Waals surface area contributed by atoms with Crippen molar-refractivity contribution < 1.29 is 9.15 Å². The van der Waals surface area contributed by atoms with Crippen LogP contribution >= 0.6 is 0 Å². The Morgan fingerprint density at radius 1 is 1.17 bits per heavy atom. The summed E-state index contributed by atoms with van der Waals surface area (Å²) in [5, 5.41) is 0. The molecule has 1 atom stereocenters. The van der Waals surface area contributed by atoms with E-state index in [1.54, 1.807) is 0 Å². The third kappa shape index (κ3) is 3.32. The molecule has 4 heterocycles. The smallest absolute Gasteiger partial charge is 0.128 e. The molecule has 1 spiro atoms. The van der Waals surface area contributed by atoms with Gasteiger partial charge in [0, 0.05) is 37.8 Å². The summed E-state index contributed by atoms with van der Waals surface area (Å²) in [6.07, 6.45) is 3.02. The predicted molar refractivity (Wildman–Crippen MR) is 93.0 cm³/mol. The molecule has 0 saturated carbocycles. The molecular weight excluding hydrogens is 302 g/mol. The molecule has 2 aliphatic rings. The van der Waals surface area contributed by atoms with Crippen molar-refractivity contribution in [2.24, 2.45) is 5.41 Å². The molecule has 2 aliphatic heterocycles. The lowest BCUT2D eigenvalue weighted by atomic mass is 9.87. The fraction of sp³-hybridized carbons (Fsp3) is 0.526. The largest absolute Gasteiger partial charge is 0.465 e. The van der Waals surface area contributed by atoms with Crippen molar-refractivity contribution in [3.05, 3.63) is 48.0 Å². The maximum absolute atomic E-state index is 5.97. The van der Waals surface area contributed by atoms with Gasteiger partial charge in [0.2, 0.25) is 0 Å². The SMILES string of the molecule is Cc1ccc(CN2CCOC[C@]3(CCN(c4ccccn4)C3)C2)o1. The lowest BCUT2D eigenvalue weighted by Gasteiger charge is -2.31. The molecule has 2 fully saturated rings. The Bertz CT molecular complexity index is 672. The van der Waals surface area contributed by atoms with Crippen molar-refractivity contribution in [2.45, 2.75) is 19.9 Å². The number of nitrogens with zero attached hydrogens (tertiary/aromatic N) is 3. The Hall–Kier alpha value is -1.85. The number of hydrogen-bond donors (Lipinski definition) is 0. The van der Waals surface area contributed by atoms with Crippen LogP contribution < -0.4 is 4.90 Å². The molecular formula is C19H25N3O2. The van der Waals surface area contributed by atoms with E-state index in [0.717, 1.165) is 69.7 Å². The van der Waals surface area contributed by atoms with Crippen LogP contribution in [0.5, 0.6) is 0 Å². The quantitative estimate of drug-likeness (QED) is 0.867. The van der Waals surface area contributed by atoms with Gasteiger partial charge < -0.3 is 14.1 Å². The van der Waals surface area contributed by atoms with Crippen LogP contribution in [0.15, 0.2) is 40.9 Å². The molecule has 128 valence electrons. The van der Waals surface area contributed by atoms with Gasteiger partial charge in [-0.15, -0.1) is 0 Å². The van der Waals surface area contributed by atoms with E-state index in [1.807, 2.05) is 25.3 Å². The van der Waals surface area contributed by atoms with Crippen LogP contribution in [0.25, 0.3) is 0 Å². The van der Waals surface area contributed by atoms with Crippen molar-refractivity contribution in [1.29, 1.82) is 0 Å². The number of ether oxygens (including phenoxy) is 1. The van der Waals surface area contributed by atoms with Crippen LogP contribution in [-0.4, -0.2) is 49.3 Å². The summed E-state index contributed by atoms with van der Waals surface area (Å²) in [6, 6.07) is 10.3. The van der Waals surface area contributed by atoms with Gasteiger partial charge in [0.15, 0.2) is 0 Å². The van der Waals surface area contributed by atoms with Gasteiger partial charge in [-0.25, -0.2) is 4.98 Å². The van der Waals surface area contributed by atoms with E-state index in [1.165, 1.54) is 0 Å². The number of pyridine rings is 1. The Kier molecular flexibility index (Phi) is 4.29. The summed E-state index contributed by atoms with van der Waals surface area (Å²) in [7, 11) is 0. The van der Waals surface area contributed by atoms with Gasteiger partial charge in [-0.3, -0.25) is 4.90 Å².